The molecule has 90 valence electrons. The quantitative estimate of drug-likeness (QED) is 0.804. The topological polar surface area (TPSA) is 38.7 Å². The van der Waals surface area contributed by atoms with E-state index in [4.69, 9.17) is 14.6 Å². The molecule has 1 aromatic rings. The van der Waals surface area contributed by atoms with E-state index in [-0.39, 0.29) is 12.7 Å². The molecule has 0 saturated carbocycles. The number of hydrogen-bond acceptors (Lipinski definition) is 3. The Labute approximate surface area is 101 Å². The van der Waals surface area contributed by atoms with Crippen LogP contribution >= 0.6 is 0 Å². The molecule has 1 heterocycles. The molecule has 2 rings (SSSR count). The van der Waals surface area contributed by atoms with Gasteiger partial charge >= 0.3 is 0 Å². The van der Waals surface area contributed by atoms with Crippen LogP contribution in [0.5, 0.6) is 5.75 Å². The van der Waals surface area contributed by atoms with E-state index in [1.807, 2.05) is 24.3 Å². The molecule has 0 spiro atoms. The molecule has 1 aromatic carbocycles. The average Bonchev–Trinajstić information content (AvgIpc) is 2.87. The Morgan fingerprint density at radius 2 is 2.41 bits per heavy atom. The van der Waals surface area contributed by atoms with Gasteiger partial charge in [0.1, 0.15) is 19.0 Å². The van der Waals surface area contributed by atoms with Crippen LogP contribution in [0.4, 0.5) is 0 Å². The van der Waals surface area contributed by atoms with Crippen molar-refractivity contribution in [1.82, 2.24) is 0 Å². The standard InChI is InChI=1S/C14H16O3/c15-8-2-5-12-4-1-6-13(10-12)17-11-14-7-3-9-16-14/h1,4,6,10,14-15H,3,7-9,11H2. The van der Waals surface area contributed by atoms with Crippen molar-refractivity contribution in [3.05, 3.63) is 29.8 Å². The zero-order chi connectivity index (χ0) is 11.9. The van der Waals surface area contributed by atoms with Crippen molar-refractivity contribution < 1.29 is 14.6 Å². The zero-order valence-electron chi connectivity index (χ0n) is 9.69. The molecule has 1 fully saturated rings. The molecule has 0 amide bonds. The van der Waals surface area contributed by atoms with Crippen LogP contribution < -0.4 is 4.74 Å². The highest BCUT2D eigenvalue weighted by Crippen LogP contribution is 2.16. The van der Waals surface area contributed by atoms with Crippen LogP contribution in [0, 0.1) is 11.8 Å². The lowest BCUT2D eigenvalue weighted by Gasteiger charge is -2.11. The Hall–Kier alpha value is -1.50. The second kappa shape index (κ2) is 6.29. The van der Waals surface area contributed by atoms with E-state index in [1.165, 1.54) is 0 Å². The minimum Gasteiger partial charge on any atom is -0.491 e. The first-order chi connectivity index (χ1) is 8.38. The summed E-state index contributed by atoms with van der Waals surface area (Å²) in [6, 6.07) is 7.56. The molecular weight excluding hydrogens is 216 g/mol. The summed E-state index contributed by atoms with van der Waals surface area (Å²) in [6.07, 6.45) is 2.42. The van der Waals surface area contributed by atoms with Crippen LogP contribution in [0.2, 0.25) is 0 Å². The van der Waals surface area contributed by atoms with E-state index in [2.05, 4.69) is 11.8 Å². The third-order valence-electron chi connectivity index (χ3n) is 2.61. The van der Waals surface area contributed by atoms with Gasteiger partial charge in [-0.05, 0) is 31.0 Å². The third-order valence-corrected chi connectivity index (χ3v) is 2.61. The maximum Gasteiger partial charge on any atom is 0.120 e. The van der Waals surface area contributed by atoms with Gasteiger partial charge in [-0.25, -0.2) is 0 Å². The molecule has 1 aliphatic heterocycles. The maximum absolute atomic E-state index is 8.62. The maximum atomic E-state index is 8.62. The summed E-state index contributed by atoms with van der Waals surface area (Å²) in [7, 11) is 0. The molecule has 17 heavy (non-hydrogen) atoms. The summed E-state index contributed by atoms with van der Waals surface area (Å²) < 4.78 is 11.1. The van der Waals surface area contributed by atoms with Gasteiger partial charge in [0.2, 0.25) is 0 Å². The van der Waals surface area contributed by atoms with Crippen LogP contribution in [0.25, 0.3) is 0 Å². The first kappa shape index (κ1) is 12.0. The minimum atomic E-state index is -0.124. The monoisotopic (exact) mass is 232 g/mol. The van der Waals surface area contributed by atoms with Gasteiger partial charge < -0.3 is 14.6 Å². The van der Waals surface area contributed by atoms with E-state index in [0.717, 1.165) is 30.8 Å². The molecule has 0 aliphatic carbocycles. The summed E-state index contributed by atoms with van der Waals surface area (Å²) in [4.78, 5) is 0. The van der Waals surface area contributed by atoms with Crippen molar-refractivity contribution in [2.24, 2.45) is 0 Å². The fourth-order valence-corrected chi connectivity index (χ4v) is 1.77. The molecule has 3 heteroatoms. The summed E-state index contributed by atoms with van der Waals surface area (Å²) in [5, 5.41) is 8.62. The van der Waals surface area contributed by atoms with Crippen molar-refractivity contribution in [1.29, 1.82) is 0 Å². The first-order valence-corrected chi connectivity index (χ1v) is 5.82. The summed E-state index contributed by atoms with van der Waals surface area (Å²) in [5.74, 6) is 6.26. The van der Waals surface area contributed by atoms with Crippen molar-refractivity contribution in [3.8, 4) is 17.6 Å². The van der Waals surface area contributed by atoms with Crippen molar-refractivity contribution in [3.63, 3.8) is 0 Å². The van der Waals surface area contributed by atoms with Gasteiger partial charge in [-0.1, -0.05) is 17.9 Å². The molecule has 1 unspecified atom stereocenters. The predicted molar refractivity (Wildman–Crippen MR) is 64.9 cm³/mol. The lowest BCUT2D eigenvalue weighted by molar-refractivity contribution is 0.0679. The Morgan fingerprint density at radius 3 is 3.18 bits per heavy atom. The molecule has 0 radical (unpaired) electrons. The van der Waals surface area contributed by atoms with Crippen LogP contribution in [0.15, 0.2) is 24.3 Å². The highest BCUT2D eigenvalue weighted by atomic mass is 16.5. The predicted octanol–water partition coefficient (Wildman–Crippen LogP) is 1.59. The lowest BCUT2D eigenvalue weighted by Crippen LogP contribution is -2.16. The van der Waals surface area contributed by atoms with Crippen LogP contribution in [0.1, 0.15) is 18.4 Å². The molecule has 0 aromatic heterocycles. The summed E-state index contributed by atoms with van der Waals surface area (Å²) in [6.45, 7) is 1.31. The Kier molecular flexibility index (Phi) is 4.43. The van der Waals surface area contributed by atoms with Gasteiger partial charge in [0.25, 0.3) is 0 Å². The molecule has 1 atom stereocenters. The van der Waals surface area contributed by atoms with Gasteiger partial charge in [-0.3, -0.25) is 0 Å². The number of aliphatic hydroxyl groups is 1. The van der Waals surface area contributed by atoms with Gasteiger partial charge in [0, 0.05) is 12.2 Å². The van der Waals surface area contributed by atoms with Crippen molar-refractivity contribution in [2.75, 3.05) is 19.8 Å². The van der Waals surface area contributed by atoms with E-state index in [0.29, 0.717) is 6.61 Å². The fraction of sp³-hybridized carbons (Fsp3) is 0.429. The smallest absolute Gasteiger partial charge is 0.120 e. The van der Waals surface area contributed by atoms with Crippen LogP contribution in [-0.4, -0.2) is 31.0 Å². The van der Waals surface area contributed by atoms with Gasteiger partial charge in [0.15, 0.2) is 0 Å². The minimum absolute atomic E-state index is 0.124. The number of benzene rings is 1. The van der Waals surface area contributed by atoms with Gasteiger partial charge in [-0.15, -0.1) is 0 Å². The Morgan fingerprint density at radius 1 is 1.47 bits per heavy atom. The molecule has 1 saturated heterocycles. The summed E-state index contributed by atoms with van der Waals surface area (Å²) >= 11 is 0. The molecule has 1 aliphatic rings. The number of rotatable bonds is 3. The van der Waals surface area contributed by atoms with Crippen molar-refractivity contribution in [2.45, 2.75) is 18.9 Å². The number of ether oxygens (including phenoxy) is 2. The highest BCUT2D eigenvalue weighted by molar-refractivity contribution is 5.39. The number of aliphatic hydroxyl groups excluding tert-OH is 1. The number of hydrogen-bond donors (Lipinski definition) is 1. The Bertz CT molecular complexity index is 411. The third kappa shape index (κ3) is 3.77. The highest BCUT2D eigenvalue weighted by Gasteiger charge is 2.15. The van der Waals surface area contributed by atoms with Crippen molar-refractivity contribution >= 4 is 0 Å². The first-order valence-electron chi connectivity index (χ1n) is 5.82. The van der Waals surface area contributed by atoms with Gasteiger partial charge in [0.05, 0.1) is 6.10 Å². The van der Waals surface area contributed by atoms with E-state index in [9.17, 15) is 0 Å². The lowest BCUT2D eigenvalue weighted by atomic mass is 10.2. The zero-order valence-corrected chi connectivity index (χ0v) is 9.69. The molecule has 0 bridgehead atoms. The van der Waals surface area contributed by atoms with E-state index >= 15 is 0 Å². The SMILES string of the molecule is OCC#Cc1cccc(OCC2CCCO2)c1. The van der Waals surface area contributed by atoms with E-state index in [1.54, 1.807) is 0 Å². The molecular formula is C14H16O3. The summed E-state index contributed by atoms with van der Waals surface area (Å²) in [5.41, 5.74) is 0.851. The molecule has 3 nitrogen and oxygen atoms in total. The van der Waals surface area contributed by atoms with Crippen LogP contribution in [0.3, 0.4) is 0 Å². The Balaban J connectivity index is 1.91. The van der Waals surface area contributed by atoms with E-state index < -0.39 is 0 Å². The molecule has 1 N–H and O–H groups in total. The normalized spacial score (nSPS) is 18.5. The second-order valence-electron chi connectivity index (χ2n) is 3.93. The largest absolute Gasteiger partial charge is 0.491 e. The second-order valence-corrected chi connectivity index (χ2v) is 3.93. The fourth-order valence-electron chi connectivity index (χ4n) is 1.77. The average molecular weight is 232 g/mol. The van der Waals surface area contributed by atoms with Gasteiger partial charge in [-0.2, -0.15) is 0 Å². The van der Waals surface area contributed by atoms with Crippen LogP contribution in [-0.2, 0) is 4.74 Å².